The van der Waals surface area contributed by atoms with Gasteiger partial charge in [-0.1, -0.05) is 121 Å². The molecule has 0 fully saturated rings. The Balaban J connectivity index is 1.49. The number of fused-ring (bicyclic) bond motifs is 1. The second-order valence-electron chi connectivity index (χ2n) is 8.60. The Hall–Kier alpha value is -4.74. The molecule has 4 nitrogen and oxygen atoms in total. The van der Waals surface area contributed by atoms with Gasteiger partial charge in [0.1, 0.15) is 11.0 Å². The molecule has 0 aliphatic rings. The summed E-state index contributed by atoms with van der Waals surface area (Å²) in [6.07, 6.45) is 0. The number of carbonyl (C=O) groups is 2. The van der Waals surface area contributed by atoms with Crippen molar-refractivity contribution in [1.29, 1.82) is 0 Å². The Morgan fingerprint density at radius 3 is 1.24 bits per heavy atom. The Labute approximate surface area is 218 Å². The van der Waals surface area contributed by atoms with Crippen molar-refractivity contribution in [3.05, 3.63) is 144 Å². The van der Waals surface area contributed by atoms with Gasteiger partial charge in [-0.05, 0) is 11.1 Å². The number of rotatable bonds is 6. The zero-order valence-corrected chi connectivity index (χ0v) is 20.5. The highest BCUT2D eigenvalue weighted by atomic mass is 32.1. The number of ketones is 2. The molecule has 0 unspecified atom stereocenters. The number of carbonyl (C=O) groups excluding carboxylic acids is 2. The van der Waals surface area contributed by atoms with Gasteiger partial charge < -0.3 is 0 Å². The average Bonchev–Trinajstić information content (AvgIpc) is 3.47. The lowest BCUT2D eigenvalue weighted by Gasteiger charge is -2.13. The van der Waals surface area contributed by atoms with E-state index in [9.17, 15) is 9.59 Å². The third kappa shape index (κ3) is 4.15. The molecule has 6 aromatic rings. The van der Waals surface area contributed by atoms with E-state index in [1.165, 1.54) is 0 Å². The first-order valence-electron chi connectivity index (χ1n) is 11.9. The minimum Gasteiger partial charge on any atom is -0.289 e. The predicted octanol–water partition coefficient (Wildman–Crippen LogP) is 7.49. The summed E-state index contributed by atoms with van der Waals surface area (Å²) in [6, 6.07) is 37.6. The van der Waals surface area contributed by atoms with Crippen LogP contribution < -0.4 is 0 Å². The average molecular weight is 497 g/mol. The van der Waals surface area contributed by atoms with Gasteiger partial charge in [-0.3, -0.25) is 9.59 Å². The Bertz CT molecular complexity index is 1630. The first-order chi connectivity index (χ1) is 18.2. The molecule has 0 radical (unpaired) electrons. The third-order valence-corrected chi connectivity index (χ3v) is 6.94. The third-order valence-electron chi connectivity index (χ3n) is 6.41. The second kappa shape index (κ2) is 9.72. The minimum atomic E-state index is -0.0459. The van der Waals surface area contributed by atoms with E-state index in [0.717, 1.165) is 34.0 Å². The molecule has 1 aromatic heterocycles. The van der Waals surface area contributed by atoms with E-state index in [2.05, 4.69) is 8.75 Å². The topological polar surface area (TPSA) is 59.9 Å². The lowest BCUT2D eigenvalue weighted by molar-refractivity contribution is 0.103. The SMILES string of the molecule is O=C(c1ccccc1)c1ccccc1-c1ccc(-c2ccccc2C(=O)c2ccccc2)c2nsnc12. The van der Waals surface area contributed by atoms with E-state index >= 15 is 0 Å². The van der Waals surface area contributed by atoms with E-state index in [1.54, 1.807) is 0 Å². The predicted molar refractivity (Wildman–Crippen MR) is 148 cm³/mol. The smallest absolute Gasteiger partial charge is 0.193 e. The van der Waals surface area contributed by atoms with Crippen LogP contribution in [0.25, 0.3) is 33.3 Å². The molecule has 0 spiro atoms. The fraction of sp³-hybridized carbons (Fsp3) is 0. The standard InChI is InChI=1S/C32H20N2O2S/c35-31(21-11-3-1-4-12-21)27-17-9-7-15-23(27)25-19-20-26(30-29(25)33-37-34-30)24-16-8-10-18-28(24)32(36)22-13-5-2-6-14-22/h1-20H. The minimum absolute atomic E-state index is 0.0459. The molecular formula is C32H20N2O2S. The summed E-state index contributed by atoms with van der Waals surface area (Å²) in [5, 5.41) is 0. The van der Waals surface area contributed by atoms with Gasteiger partial charge in [0.25, 0.3) is 0 Å². The van der Waals surface area contributed by atoms with Crippen molar-refractivity contribution < 1.29 is 9.59 Å². The molecule has 0 atom stereocenters. The first kappa shape index (κ1) is 22.7. The fourth-order valence-electron chi connectivity index (χ4n) is 4.62. The van der Waals surface area contributed by atoms with Crippen LogP contribution in [0.3, 0.4) is 0 Å². The Morgan fingerprint density at radius 2 is 0.811 bits per heavy atom. The summed E-state index contributed by atoms with van der Waals surface area (Å²) in [6.45, 7) is 0. The maximum Gasteiger partial charge on any atom is 0.193 e. The van der Waals surface area contributed by atoms with Crippen LogP contribution in [0, 0.1) is 0 Å². The summed E-state index contributed by atoms with van der Waals surface area (Å²) in [7, 11) is 0. The van der Waals surface area contributed by atoms with E-state index in [0.29, 0.717) is 33.3 Å². The summed E-state index contributed by atoms with van der Waals surface area (Å²) in [5.74, 6) is -0.0918. The van der Waals surface area contributed by atoms with Crippen LogP contribution in [0.15, 0.2) is 121 Å². The fourth-order valence-corrected chi connectivity index (χ4v) is 5.20. The van der Waals surface area contributed by atoms with Gasteiger partial charge in [-0.15, -0.1) is 0 Å². The van der Waals surface area contributed by atoms with Crippen LogP contribution in [-0.2, 0) is 0 Å². The monoisotopic (exact) mass is 496 g/mol. The van der Waals surface area contributed by atoms with Gasteiger partial charge in [-0.2, -0.15) is 8.75 Å². The largest absolute Gasteiger partial charge is 0.289 e. The van der Waals surface area contributed by atoms with Crippen molar-refractivity contribution in [3.8, 4) is 22.3 Å². The highest BCUT2D eigenvalue weighted by Crippen LogP contribution is 2.37. The Morgan fingerprint density at radius 1 is 0.432 bits per heavy atom. The summed E-state index contributed by atoms with van der Waals surface area (Å²) < 4.78 is 9.24. The summed E-state index contributed by atoms with van der Waals surface area (Å²) >= 11 is 1.12. The summed E-state index contributed by atoms with van der Waals surface area (Å²) in [5.41, 5.74) is 7.16. The van der Waals surface area contributed by atoms with Crippen LogP contribution >= 0.6 is 11.7 Å². The van der Waals surface area contributed by atoms with Crippen molar-refractivity contribution in [2.75, 3.05) is 0 Å². The van der Waals surface area contributed by atoms with Crippen molar-refractivity contribution in [3.63, 3.8) is 0 Å². The Kier molecular flexibility index (Phi) is 5.97. The lowest BCUT2D eigenvalue weighted by Crippen LogP contribution is -2.04. The van der Waals surface area contributed by atoms with Crippen LogP contribution in [0.4, 0.5) is 0 Å². The molecule has 0 bridgehead atoms. The van der Waals surface area contributed by atoms with Gasteiger partial charge in [0.2, 0.25) is 0 Å². The number of hydrogen-bond donors (Lipinski definition) is 0. The molecule has 5 heteroatoms. The van der Waals surface area contributed by atoms with Crippen LogP contribution in [0.1, 0.15) is 31.8 Å². The zero-order chi connectivity index (χ0) is 25.2. The number of aromatic nitrogens is 2. The van der Waals surface area contributed by atoms with Crippen molar-refractivity contribution >= 4 is 34.3 Å². The van der Waals surface area contributed by atoms with Crippen LogP contribution in [0.2, 0.25) is 0 Å². The normalized spacial score (nSPS) is 10.9. The van der Waals surface area contributed by atoms with Crippen molar-refractivity contribution in [2.45, 2.75) is 0 Å². The molecule has 0 saturated carbocycles. The van der Waals surface area contributed by atoms with E-state index < -0.39 is 0 Å². The molecule has 0 amide bonds. The second-order valence-corrected chi connectivity index (χ2v) is 9.13. The van der Waals surface area contributed by atoms with Crippen molar-refractivity contribution in [1.82, 2.24) is 8.75 Å². The number of benzene rings is 5. The van der Waals surface area contributed by atoms with Gasteiger partial charge in [0.05, 0.1) is 11.7 Å². The molecule has 176 valence electrons. The molecule has 5 aromatic carbocycles. The van der Waals surface area contributed by atoms with E-state index in [-0.39, 0.29) is 11.6 Å². The highest BCUT2D eigenvalue weighted by molar-refractivity contribution is 7.00. The molecule has 6 rings (SSSR count). The molecule has 0 aliphatic carbocycles. The number of hydrogen-bond acceptors (Lipinski definition) is 5. The zero-order valence-electron chi connectivity index (χ0n) is 19.7. The molecule has 1 heterocycles. The molecule has 37 heavy (non-hydrogen) atoms. The van der Waals surface area contributed by atoms with Gasteiger partial charge in [0, 0.05) is 33.4 Å². The lowest BCUT2D eigenvalue weighted by atomic mass is 9.89. The van der Waals surface area contributed by atoms with E-state index in [4.69, 9.17) is 0 Å². The number of nitrogens with zero attached hydrogens (tertiary/aromatic N) is 2. The molecule has 0 saturated heterocycles. The van der Waals surface area contributed by atoms with Gasteiger partial charge in [0.15, 0.2) is 11.6 Å². The van der Waals surface area contributed by atoms with Crippen molar-refractivity contribution in [2.24, 2.45) is 0 Å². The van der Waals surface area contributed by atoms with Crippen LogP contribution in [0.5, 0.6) is 0 Å². The molecule has 0 N–H and O–H groups in total. The summed E-state index contributed by atoms with van der Waals surface area (Å²) in [4.78, 5) is 26.8. The maximum atomic E-state index is 13.4. The maximum absolute atomic E-state index is 13.4. The van der Waals surface area contributed by atoms with E-state index in [1.807, 2.05) is 121 Å². The van der Waals surface area contributed by atoms with Gasteiger partial charge >= 0.3 is 0 Å². The molecule has 0 aliphatic heterocycles. The molecular weight excluding hydrogens is 476 g/mol. The van der Waals surface area contributed by atoms with Gasteiger partial charge in [-0.25, -0.2) is 0 Å². The highest BCUT2D eigenvalue weighted by Gasteiger charge is 2.21. The first-order valence-corrected chi connectivity index (χ1v) is 12.6. The van der Waals surface area contributed by atoms with Crippen LogP contribution in [-0.4, -0.2) is 20.3 Å². The quantitative estimate of drug-likeness (QED) is 0.224.